The van der Waals surface area contributed by atoms with Gasteiger partial charge in [-0.3, -0.25) is 4.79 Å². The summed E-state index contributed by atoms with van der Waals surface area (Å²) in [6.45, 7) is 0.389. The van der Waals surface area contributed by atoms with E-state index in [9.17, 15) is 4.79 Å². The second-order valence-corrected chi connectivity index (χ2v) is 5.01. The van der Waals surface area contributed by atoms with Crippen LogP contribution >= 0.6 is 0 Å². The monoisotopic (exact) mass is 250 g/mol. The molecular weight excluding hydrogens is 230 g/mol. The van der Waals surface area contributed by atoms with E-state index in [-0.39, 0.29) is 5.91 Å². The van der Waals surface area contributed by atoms with Crippen LogP contribution < -0.4 is 10.2 Å². The van der Waals surface area contributed by atoms with Crippen LogP contribution in [0.1, 0.15) is 5.56 Å². The van der Waals surface area contributed by atoms with Crippen molar-refractivity contribution in [2.75, 3.05) is 34.8 Å². The van der Waals surface area contributed by atoms with Crippen LogP contribution in [0.25, 0.3) is 0 Å². The molecule has 0 atom stereocenters. The number of carbonyl (C=O) groups excluding carboxylic acids is 1. The summed E-state index contributed by atoms with van der Waals surface area (Å²) in [4.78, 5) is 11.5. The Balaban J connectivity index is 2.47. The number of ether oxygens (including phenoxy) is 1. The van der Waals surface area contributed by atoms with Crippen LogP contribution in [0.5, 0.6) is 5.75 Å². The third-order valence-corrected chi connectivity index (χ3v) is 2.14. The van der Waals surface area contributed by atoms with Crippen LogP contribution in [0.2, 0.25) is 0 Å². The zero-order valence-corrected chi connectivity index (χ0v) is 11.3. The van der Waals surface area contributed by atoms with Crippen molar-refractivity contribution in [2.24, 2.45) is 5.10 Å². The minimum atomic E-state index is -0.104. The zero-order valence-electron chi connectivity index (χ0n) is 11.3. The second-order valence-electron chi connectivity index (χ2n) is 5.01. The van der Waals surface area contributed by atoms with E-state index < -0.39 is 0 Å². The number of amides is 1. The highest BCUT2D eigenvalue weighted by atomic mass is 16.5. The Hall–Kier alpha value is -1.88. The molecule has 0 unspecified atom stereocenters. The van der Waals surface area contributed by atoms with Gasteiger partial charge in [0.25, 0.3) is 5.91 Å². The number of methoxy groups -OCH3 is 1. The van der Waals surface area contributed by atoms with Gasteiger partial charge in [-0.15, -0.1) is 0 Å². The Morgan fingerprint density at radius 1 is 1.33 bits per heavy atom. The Morgan fingerprint density at radius 2 is 1.94 bits per heavy atom. The number of hydrogen-bond donors (Lipinski definition) is 1. The van der Waals surface area contributed by atoms with Crippen LogP contribution in [0.15, 0.2) is 29.4 Å². The van der Waals surface area contributed by atoms with Crippen molar-refractivity contribution in [3.8, 4) is 5.75 Å². The quantitative estimate of drug-likeness (QED) is 0.478. The molecule has 0 radical (unpaired) electrons. The van der Waals surface area contributed by atoms with Crippen LogP contribution in [0.3, 0.4) is 0 Å². The van der Waals surface area contributed by atoms with Gasteiger partial charge in [0, 0.05) is 0 Å². The molecule has 1 N–H and O–H groups in total. The molecule has 5 heteroatoms. The standard InChI is InChI=1S/C13H19N3O2/c1-16(2,3)10-13(17)15-14-9-11-5-7-12(18-4)8-6-11/h5-9H,10H2,1-4H3/p+1/b14-9+. The average Bonchev–Trinajstić information content (AvgIpc) is 2.27. The van der Waals surface area contributed by atoms with Crippen LogP contribution in [-0.4, -0.2) is 51.4 Å². The van der Waals surface area contributed by atoms with Crippen molar-refractivity contribution < 1.29 is 14.0 Å². The molecule has 0 saturated carbocycles. The van der Waals surface area contributed by atoms with Gasteiger partial charge in [0.2, 0.25) is 0 Å². The first-order chi connectivity index (χ1) is 8.40. The number of nitrogens with zero attached hydrogens (tertiary/aromatic N) is 2. The molecule has 98 valence electrons. The van der Waals surface area contributed by atoms with E-state index in [0.717, 1.165) is 11.3 Å². The fourth-order valence-corrected chi connectivity index (χ4v) is 1.33. The summed E-state index contributed by atoms with van der Waals surface area (Å²) in [5, 5.41) is 3.91. The van der Waals surface area contributed by atoms with Gasteiger partial charge in [-0.05, 0) is 29.8 Å². The Morgan fingerprint density at radius 3 is 2.44 bits per heavy atom. The molecule has 0 saturated heterocycles. The maximum atomic E-state index is 11.5. The second kappa shape index (κ2) is 6.16. The lowest BCUT2D eigenvalue weighted by atomic mass is 10.2. The summed E-state index contributed by atoms with van der Waals surface area (Å²) in [5.74, 6) is 0.688. The molecule has 18 heavy (non-hydrogen) atoms. The van der Waals surface area contributed by atoms with Gasteiger partial charge in [0.05, 0.1) is 34.5 Å². The molecule has 1 aromatic rings. The van der Waals surface area contributed by atoms with Crippen molar-refractivity contribution in [1.29, 1.82) is 0 Å². The number of likely N-dealkylation sites (N-methyl/N-ethyl adjacent to an activating group) is 1. The lowest BCUT2D eigenvalue weighted by Crippen LogP contribution is -2.43. The molecule has 0 aromatic heterocycles. The zero-order chi connectivity index (χ0) is 13.6. The van der Waals surface area contributed by atoms with Crippen LogP contribution in [0.4, 0.5) is 0 Å². The molecule has 5 nitrogen and oxygen atoms in total. The molecule has 0 aliphatic carbocycles. The minimum Gasteiger partial charge on any atom is -0.497 e. The summed E-state index contributed by atoms with van der Waals surface area (Å²) in [7, 11) is 7.47. The smallest absolute Gasteiger partial charge is 0.295 e. The first-order valence-corrected chi connectivity index (χ1v) is 5.67. The van der Waals surface area contributed by atoms with E-state index in [1.807, 2.05) is 45.4 Å². The van der Waals surface area contributed by atoms with Crippen molar-refractivity contribution >= 4 is 12.1 Å². The van der Waals surface area contributed by atoms with Gasteiger partial charge in [-0.2, -0.15) is 5.10 Å². The number of carbonyl (C=O) groups is 1. The molecular formula is C13H20N3O2+. The van der Waals surface area contributed by atoms with Gasteiger partial charge in [0.1, 0.15) is 5.75 Å². The Kier molecular flexibility index (Phi) is 4.85. The van der Waals surface area contributed by atoms with Crippen molar-refractivity contribution in [1.82, 2.24) is 5.43 Å². The lowest BCUT2D eigenvalue weighted by molar-refractivity contribution is -0.862. The van der Waals surface area contributed by atoms with Gasteiger partial charge in [-0.1, -0.05) is 0 Å². The third kappa shape index (κ3) is 5.45. The third-order valence-electron chi connectivity index (χ3n) is 2.14. The van der Waals surface area contributed by atoms with E-state index in [4.69, 9.17) is 4.74 Å². The van der Waals surface area contributed by atoms with E-state index in [1.165, 1.54) is 0 Å². The summed E-state index contributed by atoms with van der Waals surface area (Å²) in [6, 6.07) is 7.42. The van der Waals surface area contributed by atoms with E-state index in [1.54, 1.807) is 13.3 Å². The summed E-state index contributed by atoms with van der Waals surface area (Å²) in [5.41, 5.74) is 3.40. The van der Waals surface area contributed by atoms with Gasteiger partial charge in [-0.25, -0.2) is 5.43 Å². The van der Waals surface area contributed by atoms with Crippen molar-refractivity contribution in [2.45, 2.75) is 0 Å². The largest absolute Gasteiger partial charge is 0.497 e. The molecule has 1 aromatic carbocycles. The number of hydrazone groups is 1. The molecule has 1 amide bonds. The number of quaternary nitrogens is 1. The normalized spacial score (nSPS) is 11.6. The highest BCUT2D eigenvalue weighted by molar-refractivity contribution is 5.82. The summed E-state index contributed by atoms with van der Waals surface area (Å²) in [6.07, 6.45) is 1.60. The molecule has 0 aliphatic heterocycles. The number of hydrogen-bond acceptors (Lipinski definition) is 3. The van der Waals surface area contributed by atoms with Crippen molar-refractivity contribution in [3.63, 3.8) is 0 Å². The van der Waals surface area contributed by atoms with E-state index in [0.29, 0.717) is 11.0 Å². The van der Waals surface area contributed by atoms with E-state index in [2.05, 4.69) is 10.5 Å². The Labute approximate surface area is 108 Å². The van der Waals surface area contributed by atoms with Gasteiger partial charge >= 0.3 is 0 Å². The molecule has 0 bridgehead atoms. The maximum Gasteiger partial charge on any atom is 0.295 e. The van der Waals surface area contributed by atoms with Gasteiger partial charge in [0.15, 0.2) is 6.54 Å². The fraction of sp³-hybridized carbons (Fsp3) is 0.385. The maximum absolute atomic E-state index is 11.5. The molecule has 0 heterocycles. The summed E-state index contributed by atoms with van der Waals surface area (Å²) < 4.78 is 5.62. The van der Waals surface area contributed by atoms with Gasteiger partial charge < -0.3 is 9.22 Å². The number of rotatable bonds is 5. The number of benzene rings is 1. The minimum absolute atomic E-state index is 0.104. The first kappa shape index (κ1) is 14.2. The molecule has 0 spiro atoms. The van der Waals surface area contributed by atoms with Crippen molar-refractivity contribution in [3.05, 3.63) is 29.8 Å². The SMILES string of the molecule is COc1ccc(/C=N/NC(=O)C[N+](C)(C)C)cc1. The van der Waals surface area contributed by atoms with Crippen LogP contribution in [-0.2, 0) is 4.79 Å². The highest BCUT2D eigenvalue weighted by Crippen LogP contribution is 2.09. The molecule has 0 fully saturated rings. The molecule has 0 aliphatic rings. The first-order valence-electron chi connectivity index (χ1n) is 5.67. The van der Waals surface area contributed by atoms with E-state index >= 15 is 0 Å². The van der Waals surface area contributed by atoms with Crippen LogP contribution in [0, 0.1) is 0 Å². The Bertz CT molecular complexity index is 419. The topological polar surface area (TPSA) is 50.7 Å². The predicted molar refractivity (Wildman–Crippen MR) is 71.6 cm³/mol. The highest BCUT2D eigenvalue weighted by Gasteiger charge is 2.12. The summed E-state index contributed by atoms with van der Waals surface area (Å²) >= 11 is 0. The fourth-order valence-electron chi connectivity index (χ4n) is 1.33. The predicted octanol–water partition coefficient (Wildman–Crippen LogP) is 0.851. The number of nitrogens with one attached hydrogen (secondary N) is 1. The average molecular weight is 250 g/mol. The molecule has 1 rings (SSSR count). The lowest BCUT2D eigenvalue weighted by Gasteiger charge is -2.21.